The Morgan fingerprint density at radius 2 is 2.16 bits per heavy atom. The lowest BCUT2D eigenvalue weighted by Gasteiger charge is -2.21. The molecule has 0 bridgehead atoms. The van der Waals surface area contributed by atoms with Crippen LogP contribution in [0.4, 0.5) is 13.2 Å². The molecule has 0 spiro atoms. The minimum Gasteiger partial charge on any atom is -0.347 e. The number of rotatable bonds is 4. The fourth-order valence-corrected chi connectivity index (χ4v) is 2.63. The molecule has 2 rings (SSSR count). The molecule has 1 amide bonds. The lowest BCUT2D eigenvalue weighted by atomic mass is 10.0. The maximum Gasteiger partial charge on any atom is 0.405 e. The minimum atomic E-state index is -4.41. The second-order valence-corrected chi connectivity index (χ2v) is 5.67. The predicted octanol–water partition coefficient (Wildman–Crippen LogP) is 1.08. The summed E-state index contributed by atoms with van der Waals surface area (Å²) in [6.07, 6.45) is 0.305. The third-order valence-corrected chi connectivity index (χ3v) is 3.79. The number of alkyl halides is 3. The van der Waals surface area contributed by atoms with Crippen molar-refractivity contribution in [3.8, 4) is 0 Å². The highest BCUT2D eigenvalue weighted by Gasteiger charge is 2.29. The fourth-order valence-electron chi connectivity index (χ4n) is 2.63. The number of nitrogens with one attached hydrogen (secondary N) is 2. The molecule has 2 N–H and O–H groups in total. The van der Waals surface area contributed by atoms with Crippen LogP contribution in [0.5, 0.6) is 0 Å². The van der Waals surface area contributed by atoms with Gasteiger partial charge in [0.1, 0.15) is 6.54 Å². The Morgan fingerprint density at radius 3 is 2.72 bits per heavy atom. The van der Waals surface area contributed by atoms with E-state index in [1.54, 1.807) is 11.7 Å². The second-order valence-electron chi connectivity index (χ2n) is 5.67. The van der Waals surface area contributed by atoms with E-state index < -0.39 is 18.6 Å². The standard InChI is InChI=1S/C14H21F3N6O.HI/c1-18-13(19-6-12(24)20-9-14(15,16)17)23-4-3-10(8-23)11-5-21-22(2)7-11;/h5,7,10H,3-4,6,8-9H2,1-2H3,(H,18,19)(H,20,24);1H. The Bertz CT molecular complexity index is 604. The molecule has 25 heavy (non-hydrogen) atoms. The highest BCUT2D eigenvalue weighted by Crippen LogP contribution is 2.26. The van der Waals surface area contributed by atoms with Gasteiger partial charge in [0, 0.05) is 39.3 Å². The molecule has 0 saturated carbocycles. The quantitative estimate of drug-likeness (QED) is 0.390. The van der Waals surface area contributed by atoms with Gasteiger partial charge in [-0.2, -0.15) is 18.3 Å². The highest BCUT2D eigenvalue weighted by molar-refractivity contribution is 14.0. The van der Waals surface area contributed by atoms with Crippen molar-refractivity contribution in [3.05, 3.63) is 18.0 Å². The minimum absolute atomic E-state index is 0. The van der Waals surface area contributed by atoms with Crippen LogP contribution in [-0.2, 0) is 11.8 Å². The maximum atomic E-state index is 12.1. The number of guanidine groups is 1. The SMILES string of the molecule is CN=C(NCC(=O)NCC(F)(F)F)N1CCC(c2cnn(C)c2)C1.I. The molecule has 1 aromatic rings. The normalized spacial score (nSPS) is 18.0. The molecule has 0 radical (unpaired) electrons. The second kappa shape index (κ2) is 9.25. The van der Waals surface area contributed by atoms with E-state index in [0.29, 0.717) is 11.9 Å². The van der Waals surface area contributed by atoms with Crippen LogP contribution < -0.4 is 10.6 Å². The van der Waals surface area contributed by atoms with Gasteiger partial charge in [-0.05, 0) is 12.0 Å². The molecule has 7 nitrogen and oxygen atoms in total. The Hall–Kier alpha value is -1.53. The van der Waals surface area contributed by atoms with Gasteiger partial charge in [-0.25, -0.2) is 0 Å². The molecule has 1 fully saturated rings. The van der Waals surface area contributed by atoms with Gasteiger partial charge in [-0.1, -0.05) is 0 Å². The molecule has 11 heteroatoms. The molecule has 1 aliphatic heterocycles. The largest absolute Gasteiger partial charge is 0.405 e. The molecule has 1 saturated heterocycles. The Kier molecular flexibility index (Phi) is 7.96. The van der Waals surface area contributed by atoms with Crippen LogP contribution in [0.3, 0.4) is 0 Å². The summed E-state index contributed by atoms with van der Waals surface area (Å²) in [6, 6.07) is 0. The molecule has 142 valence electrons. The third kappa shape index (κ3) is 6.71. The molecular formula is C14H22F3IN6O. The van der Waals surface area contributed by atoms with E-state index in [9.17, 15) is 18.0 Å². The number of hydrogen-bond acceptors (Lipinski definition) is 3. The average Bonchev–Trinajstić information content (AvgIpc) is 3.14. The summed E-state index contributed by atoms with van der Waals surface area (Å²) in [7, 11) is 3.43. The number of aryl methyl sites for hydroxylation is 1. The maximum absolute atomic E-state index is 12.1. The first kappa shape index (κ1) is 21.5. The Morgan fingerprint density at radius 1 is 1.44 bits per heavy atom. The molecule has 0 aliphatic carbocycles. The predicted molar refractivity (Wildman–Crippen MR) is 98.0 cm³/mol. The van der Waals surface area contributed by atoms with Crippen molar-refractivity contribution >= 4 is 35.8 Å². The molecule has 2 heterocycles. The number of hydrogen-bond donors (Lipinski definition) is 2. The van der Waals surface area contributed by atoms with Gasteiger partial charge in [0.2, 0.25) is 5.91 Å². The van der Waals surface area contributed by atoms with Crippen molar-refractivity contribution in [2.24, 2.45) is 12.0 Å². The smallest absolute Gasteiger partial charge is 0.347 e. The summed E-state index contributed by atoms with van der Waals surface area (Å²) in [5.74, 6) is 0.0938. The van der Waals surface area contributed by atoms with Crippen LogP contribution in [-0.4, -0.2) is 66.0 Å². The number of aliphatic imine (C=N–C) groups is 1. The van der Waals surface area contributed by atoms with Gasteiger partial charge in [0.15, 0.2) is 5.96 Å². The summed E-state index contributed by atoms with van der Waals surface area (Å²) in [6.45, 7) is -0.116. The van der Waals surface area contributed by atoms with E-state index in [-0.39, 0.29) is 30.5 Å². The third-order valence-electron chi connectivity index (χ3n) is 3.79. The number of carbonyl (C=O) groups excluding carboxylic acids is 1. The van der Waals surface area contributed by atoms with E-state index in [0.717, 1.165) is 25.1 Å². The summed E-state index contributed by atoms with van der Waals surface area (Å²) >= 11 is 0. The zero-order valence-electron chi connectivity index (χ0n) is 14.0. The number of halogens is 4. The van der Waals surface area contributed by atoms with E-state index in [2.05, 4.69) is 15.4 Å². The van der Waals surface area contributed by atoms with E-state index in [4.69, 9.17) is 0 Å². The fraction of sp³-hybridized carbons (Fsp3) is 0.643. The van der Waals surface area contributed by atoms with Crippen LogP contribution in [0.1, 0.15) is 17.9 Å². The lowest BCUT2D eigenvalue weighted by Crippen LogP contribution is -2.46. The van der Waals surface area contributed by atoms with E-state index >= 15 is 0 Å². The van der Waals surface area contributed by atoms with E-state index in [1.165, 1.54) is 0 Å². The molecule has 1 aliphatic rings. The van der Waals surface area contributed by atoms with E-state index in [1.807, 2.05) is 29.7 Å². The van der Waals surface area contributed by atoms with Crippen LogP contribution in [0.2, 0.25) is 0 Å². The van der Waals surface area contributed by atoms with Crippen molar-refractivity contribution < 1.29 is 18.0 Å². The van der Waals surface area contributed by atoms with Gasteiger partial charge < -0.3 is 15.5 Å². The van der Waals surface area contributed by atoms with Gasteiger partial charge in [-0.15, -0.1) is 24.0 Å². The van der Waals surface area contributed by atoms with Crippen molar-refractivity contribution in [3.63, 3.8) is 0 Å². The van der Waals surface area contributed by atoms with Crippen LogP contribution >= 0.6 is 24.0 Å². The average molecular weight is 474 g/mol. The topological polar surface area (TPSA) is 74.6 Å². The van der Waals surface area contributed by atoms with Gasteiger partial charge >= 0.3 is 6.18 Å². The van der Waals surface area contributed by atoms with Crippen molar-refractivity contribution in [2.75, 3.05) is 33.2 Å². The summed E-state index contributed by atoms with van der Waals surface area (Å²) in [5, 5.41) is 8.78. The number of likely N-dealkylation sites (tertiary alicyclic amines) is 1. The number of aromatic nitrogens is 2. The van der Waals surface area contributed by atoms with Crippen molar-refractivity contribution in [1.82, 2.24) is 25.3 Å². The Balaban J connectivity index is 0.00000312. The molecular weight excluding hydrogens is 452 g/mol. The van der Waals surface area contributed by atoms with Crippen molar-refractivity contribution in [1.29, 1.82) is 0 Å². The summed E-state index contributed by atoms with van der Waals surface area (Å²) in [4.78, 5) is 17.5. The van der Waals surface area contributed by atoms with Gasteiger partial charge in [-0.3, -0.25) is 14.5 Å². The highest BCUT2D eigenvalue weighted by atomic mass is 127. The van der Waals surface area contributed by atoms with Crippen molar-refractivity contribution in [2.45, 2.75) is 18.5 Å². The van der Waals surface area contributed by atoms with Gasteiger partial charge in [0.25, 0.3) is 0 Å². The first-order chi connectivity index (χ1) is 11.3. The molecule has 0 aromatic carbocycles. The number of amides is 1. The van der Waals surface area contributed by atoms with Crippen LogP contribution in [0.25, 0.3) is 0 Å². The van der Waals surface area contributed by atoms with Gasteiger partial charge in [0.05, 0.1) is 12.7 Å². The Labute approximate surface area is 161 Å². The lowest BCUT2D eigenvalue weighted by molar-refractivity contribution is -0.137. The number of carbonyl (C=O) groups is 1. The summed E-state index contributed by atoms with van der Waals surface area (Å²) < 4.78 is 37.9. The summed E-state index contributed by atoms with van der Waals surface area (Å²) in [5.41, 5.74) is 1.14. The van der Waals surface area contributed by atoms with Crippen LogP contribution in [0, 0.1) is 0 Å². The number of nitrogens with zero attached hydrogens (tertiary/aromatic N) is 4. The molecule has 1 unspecified atom stereocenters. The monoisotopic (exact) mass is 474 g/mol. The first-order valence-electron chi connectivity index (χ1n) is 7.56. The first-order valence-corrected chi connectivity index (χ1v) is 7.56. The zero-order chi connectivity index (χ0) is 17.7. The molecule has 1 aromatic heterocycles. The molecule has 1 atom stereocenters. The van der Waals surface area contributed by atoms with Crippen LogP contribution in [0.15, 0.2) is 17.4 Å². The zero-order valence-corrected chi connectivity index (χ0v) is 16.3.